The van der Waals surface area contributed by atoms with Crippen molar-refractivity contribution in [2.24, 2.45) is 0 Å². The molecule has 0 fully saturated rings. The first kappa shape index (κ1) is 15.9. The zero-order chi connectivity index (χ0) is 9.94. The molecular formula is C3H2INaO7S. The van der Waals surface area contributed by atoms with Gasteiger partial charge in [0.05, 0.1) is 10.1 Å². The molecule has 7 nitrogen and oxygen atoms in total. The summed E-state index contributed by atoms with van der Waals surface area (Å²) in [5.74, 6) is -2.26. The molecule has 0 amide bonds. The summed E-state index contributed by atoms with van der Waals surface area (Å²) < 4.78 is 48.2. The maximum absolute atomic E-state index is 10.1. The van der Waals surface area contributed by atoms with Crippen LogP contribution in [0.15, 0.2) is 8.99 Å². The third kappa shape index (κ3) is 6.51. The van der Waals surface area contributed by atoms with E-state index in [9.17, 15) is 24.5 Å². The fourth-order valence-corrected chi connectivity index (χ4v) is 2.78. The zero-order valence-electron chi connectivity index (χ0n) is 6.26. The molecule has 0 heterocycles. The van der Waals surface area contributed by atoms with Gasteiger partial charge in [0.15, 0.2) is 0 Å². The second-order valence-corrected chi connectivity index (χ2v) is 4.87. The molecule has 13 heavy (non-hydrogen) atoms. The van der Waals surface area contributed by atoms with Crippen molar-refractivity contribution in [1.29, 1.82) is 0 Å². The molecular weight excluding hydrogens is 330 g/mol. The SMILES string of the molecule is O=C([O-])/C(=C\I(=O)=O)S(=O)(=O)O.[Na+]. The Hall–Kier alpha value is 0.450. The van der Waals surface area contributed by atoms with E-state index in [1.54, 1.807) is 0 Å². The minimum Gasteiger partial charge on any atom is -0.544 e. The fourth-order valence-electron chi connectivity index (χ4n) is 0.287. The van der Waals surface area contributed by atoms with Gasteiger partial charge in [-0.1, -0.05) is 0 Å². The number of carbonyl (C=O) groups excluding carboxylic acids is 1. The first-order valence-electron chi connectivity index (χ1n) is 2.19. The van der Waals surface area contributed by atoms with Crippen LogP contribution in [-0.2, 0) is 21.1 Å². The molecule has 0 bridgehead atoms. The summed E-state index contributed by atoms with van der Waals surface area (Å²) in [6, 6.07) is 0. The first-order chi connectivity index (χ1) is 5.25. The van der Waals surface area contributed by atoms with E-state index in [2.05, 4.69) is 0 Å². The summed E-state index contributed by atoms with van der Waals surface area (Å²) in [5.41, 5.74) is 0. The van der Waals surface area contributed by atoms with Gasteiger partial charge in [0.25, 0.3) is 10.1 Å². The Kier molecular flexibility index (Phi) is 7.38. The quantitative estimate of drug-likeness (QED) is 0.239. The normalized spacial score (nSPS) is 12.3. The topological polar surface area (TPSA) is 129 Å². The zero-order valence-corrected chi connectivity index (χ0v) is 11.2. The average Bonchev–Trinajstić information content (AvgIpc) is 1.79. The van der Waals surface area contributed by atoms with Crippen molar-refractivity contribution in [2.75, 3.05) is 0 Å². The molecule has 0 rings (SSSR count). The Morgan fingerprint density at radius 1 is 1.38 bits per heavy atom. The predicted molar refractivity (Wildman–Crippen MR) is 40.0 cm³/mol. The van der Waals surface area contributed by atoms with E-state index >= 15 is 0 Å². The van der Waals surface area contributed by atoms with Gasteiger partial charge in [0.2, 0.25) is 0 Å². The summed E-state index contributed by atoms with van der Waals surface area (Å²) in [7, 11) is -5.02. The number of hydrogen-bond acceptors (Lipinski definition) is 6. The molecule has 0 aromatic rings. The van der Waals surface area contributed by atoms with Gasteiger partial charge in [-0.3, -0.25) is 4.55 Å². The third-order valence-corrected chi connectivity index (χ3v) is 3.06. The third-order valence-electron chi connectivity index (χ3n) is 0.667. The molecule has 0 aromatic carbocycles. The molecule has 0 radical (unpaired) electrons. The number of carboxylic acid groups (broad SMARTS) is 1. The number of rotatable bonds is 3. The van der Waals surface area contributed by atoms with Crippen molar-refractivity contribution in [3.63, 3.8) is 0 Å². The van der Waals surface area contributed by atoms with Crippen LogP contribution in [0.25, 0.3) is 0 Å². The summed E-state index contributed by atoms with van der Waals surface area (Å²) in [5, 5.41) is 9.91. The molecule has 0 unspecified atom stereocenters. The van der Waals surface area contributed by atoms with Gasteiger partial charge in [0.1, 0.15) is 4.91 Å². The molecule has 1 N–H and O–H groups in total. The van der Waals surface area contributed by atoms with Gasteiger partial charge in [-0.05, 0) is 0 Å². The Labute approximate surface area is 102 Å². The Morgan fingerprint density at radius 3 is 1.85 bits per heavy atom. The van der Waals surface area contributed by atoms with E-state index in [1.165, 1.54) is 0 Å². The van der Waals surface area contributed by atoms with Crippen LogP contribution in [0, 0.1) is 0 Å². The second kappa shape index (κ2) is 6.03. The van der Waals surface area contributed by atoms with Crippen molar-refractivity contribution >= 4 is 35.9 Å². The first-order valence-corrected chi connectivity index (χ1v) is 6.64. The minimum atomic E-state index is -5.02. The van der Waals surface area contributed by atoms with Crippen molar-refractivity contribution in [3.05, 3.63) is 8.99 Å². The Balaban J connectivity index is 0. The molecule has 0 aliphatic carbocycles. The molecule has 0 aliphatic heterocycles. The van der Waals surface area contributed by atoms with Gasteiger partial charge in [-0.2, -0.15) is 8.42 Å². The van der Waals surface area contributed by atoms with Gasteiger partial charge in [-0.25, -0.2) is 6.14 Å². The van der Waals surface area contributed by atoms with Crippen LogP contribution in [0.3, 0.4) is 0 Å². The maximum Gasteiger partial charge on any atom is 1.00 e. The maximum atomic E-state index is 10.1. The number of carbonyl (C=O) groups is 1. The molecule has 0 spiro atoms. The monoisotopic (exact) mass is 332 g/mol. The van der Waals surface area contributed by atoms with Crippen LogP contribution in [0.2, 0.25) is 0 Å². The van der Waals surface area contributed by atoms with E-state index in [-0.39, 0.29) is 33.6 Å². The van der Waals surface area contributed by atoms with Crippen molar-refractivity contribution in [3.8, 4) is 0 Å². The average molecular weight is 332 g/mol. The second-order valence-electron chi connectivity index (χ2n) is 1.48. The molecule has 10 heteroatoms. The van der Waals surface area contributed by atoms with Gasteiger partial charge in [-0.15, -0.1) is 0 Å². The molecule has 0 saturated heterocycles. The summed E-state index contributed by atoms with van der Waals surface area (Å²) >= 11 is -4.16. The number of halogens is 1. The van der Waals surface area contributed by atoms with Crippen LogP contribution < -0.4 is 34.7 Å². The van der Waals surface area contributed by atoms with Gasteiger partial charge >= 0.3 is 49.4 Å². The van der Waals surface area contributed by atoms with Crippen LogP contribution in [0.5, 0.6) is 0 Å². The summed E-state index contributed by atoms with van der Waals surface area (Å²) in [6.45, 7) is 0. The van der Waals surface area contributed by atoms with Crippen molar-refractivity contribution < 1.29 is 58.6 Å². The van der Waals surface area contributed by atoms with Gasteiger partial charge < -0.3 is 9.90 Å². The van der Waals surface area contributed by atoms with E-state index in [1.807, 2.05) is 0 Å². The van der Waals surface area contributed by atoms with E-state index in [0.717, 1.165) is 0 Å². The molecule has 0 aromatic heterocycles. The van der Waals surface area contributed by atoms with E-state index in [4.69, 9.17) is 4.55 Å². The largest absolute Gasteiger partial charge is 1.00 e. The smallest absolute Gasteiger partial charge is 0.544 e. The predicted octanol–water partition coefficient (Wildman–Crippen LogP) is -4.33. The summed E-state index contributed by atoms with van der Waals surface area (Å²) in [6.07, 6.45) is 0. The van der Waals surface area contributed by atoms with Crippen molar-refractivity contribution in [1.82, 2.24) is 0 Å². The molecule has 0 aliphatic rings. The molecule has 0 saturated carbocycles. The van der Waals surface area contributed by atoms with Crippen LogP contribution >= 0.6 is 19.8 Å². The Morgan fingerprint density at radius 2 is 1.77 bits per heavy atom. The number of aliphatic carboxylic acids is 1. The number of carboxylic acids is 1. The van der Waals surface area contributed by atoms with Gasteiger partial charge in [0, 0.05) is 0 Å². The molecule has 0 atom stereocenters. The summed E-state index contributed by atoms with van der Waals surface area (Å²) in [4.78, 5) is 8.27. The van der Waals surface area contributed by atoms with Crippen LogP contribution in [0.4, 0.5) is 0 Å². The standard InChI is InChI=1S/C3H3IO7S.Na/c5-3(6)2(1-4(7)8)12(9,10)11;/h1H,(H,5,6)(H,9,10,11);/q;+1/p-1/b2-1+;. The van der Waals surface area contributed by atoms with E-state index in [0.29, 0.717) is 0 Å². The minimum absolute atomic E-state index is 0. The molecule has 70 valence electrons. The van der Waals surface area contributed by atoms with E-state index < -0.39 is 40.8 Å². The van der Waals surface area contributed by atoms with Crippen LogP contribution in [-0.4, -0.2) is 18.9 Å². The van der Waals surface area contributed by atoms with Crippen molar-refractivity contribution in [2.45, 2.75) is 0 Å². The van der Waals surface area contributed by atoms with Crippen LogP contribution in [0.1, 0.15) is 0 Å². The fraction of sp³-hybridized carbons (Fsp3) is 0. The Bertz CT molecular complexity index is 382. The number of hydrogen-bond donors (Lipinski definition) is 1.